The summed E-state index contributed by atoms with van der Waals surface area (Å²) in [5.41, 5.74) is -2.15. The zero-order valence-corrected chi connectivity index (χ0v) is 30.9. The molecule has 3 saturated carbocycles. The molecule has 284 valence electrons. The molecule has 6 rings (SSSR count). The Kier molecular flexibility index (Phi) is 9.71. The molecule has 5 fully saturated rings. The number of carbonyl (C=O) groups excluding carboxylic acids is 1. The van der Waals surface area contributed by atoms with Gasteiger partial charge < -0.3 is 49.6 Å². The molecule has 0 aromatic heterocycles. The fourth-order valence-electron chi connectivity index (χ4n) is 12.5. The number of allylic oxidation sites excluding steroid dienone is 1. The van der Waals surface area contributed by atoms with Crippen LogP contribution in [-0.2, 0) is 28.5 Å². The third kappa shape index (κ3) is 5.13. The van der Waals surface area contributed by atoms with Crippen LogP contribution in [0.4, 0.5) is 0 Å². The van der Waals surface area contributed by atoms with Gasteiger partial charge in [0, 0.05) is 24.2 Å². The Morgan fingerprint density at radius 3 is 2.26 bits per heavy atom. The summed E-state index contributed by atoms with van der Waals surface area (Å²) < 4.78 is 24.5. The minimum atomic E-state index is -1.65. The standard InChI is InChI=1S/C38H60O12/c1-18(2)19(3)34(5)13-14-36(7)21-9-10-25-35(6)17-47-33(46)38(25,22(21)11-12-37(36,8)29(34)31(44)45)15-23(48-20(4)40)30(35)50-32-28(43)27(42)26(41)24(16-39)49-32/h11,18-19,21,23-30,32-33,39,41-43,46H,9-10,12-17H2,1-8H3,(H,44,45)/t19-,21+,23-,24?,25+,26+,27+,28?,29-,30+,32+,33?,34-,35-,36-,37+,38+/m1/s1. The Hall–Kier alpha value is -1.64. The van der Waals surface area contributed by atoms with E-state index in [4.69, 9.17) is 18.9 Å². The van der Waals surface area contributed by atoms with Gasteiger partial charge in [0.05, 0.1) is 19.1 Å². The number of aliphatic carboxylic acids is 1. The molecule has 2 bridgehead atoms. The molecule has 12 heteroatoms. The van der Waals surface area contributed by atoms with E-state index in [0.29, 0.717) is 18.8 Å². The zero-order chi connectivity index (χ0) is 36.9. The summed E-state index contributed by atoms with van der Waals surface area (Å²) in [6, 6.07) is 0. The molecule has 0 spiro atoms. The molecule has 17 atom stereocenters. The molecule has 4 aliphatic carbocycles. The molecule has 0 aromatic rings. The van der Waals surface area contributed by atoms with Crippen LogP contribution >= 0.6 is 0 Å². The number of hydrogen-bond donors (Lipinski definition) is 6. The number of carboxylic acid groups (broad SMARTS) is 1. The number of carbonyl (C=O) groups is 2. The molecule has 2 saturated heterocycles. The van der Waals surface area contributed by atoms with Crippen LogP contribution in [0.3, 0.4) is 0 Å². The number of carboxylic acids is 1. The number of aliphatic hydroxyl groups excluding tert-OH is 5. The number of aliphatic hydroxyl groups is 5. The van der Waals surface area contributed by atoms with Gasteiger partial charge in [-0.15, -0.1) is 0 Å². The maximum absolute atomic E-state index is 13.4. The summed E-state index contributed by atoms with van der Waals surface area (Å²) in [6.07, 6.45) is -4.59. The molecule has 0 radical (unpaired) electrons. The maximum atomic E-state index is 13.4. The van der Waals surface area contributed by atoms with Gasteiger partial charge in [0.15, 0.2) is 12.6 Å². The molecule has 2 heterocycles. The molecular formula is C38H60O12. The van der Waals surface area contributed by atoms with E-state index in [2.05, 4.69) is 47.6 Å². The lowest BCUT2D eigenvalue weighted by Crippen LogP contribution is -2.73. The third-order valence-electron chi connectivity index (χ3n) is 15.6. The lowest BCUT2D eigenvalue weighted by molar-refractivity contribution is -0.369. The third-order valence-corrected chi connectivity index (χ3v) is 15.6. The number of hydrogen-bond acceptors (Lipinski definition) is 11. The van der Waals surface area contributed by atoms with Crippen LogP contribution in [0.25, 0.3) is 0 Å². The largest absolute Gasteiger partial charge is 0.481 e. The van der Waals surface area contributed by atoms with Crippen molar-refractivity contribution in [2.45, 2.75) is 143 Å². The molecule has 2 aliphatic heterocycles. The first-order chi connectivity index (χ1) is 23.2. The Bertz CT molecular complexity index is 1370. The Labute approximate surface area is 295 Å². The van der Waals surface area contributed by atoms with Gasteiger partial charge in [-0.3, -0.25) is 9.59 Å². The highest BCUT2D eigenvalue weighted by Gasteiger charge is 2.74. The first kappa shape index (κ1) is 38.1. The van der Waals surface area contributed by atoms with Crippen LogP contribution in [0.2, 0.25) is 0 Å². The monoisotopic (exact) mass is 708 g/mol. The van der Waals surface area contributed by atoms with E-state index in [-0.39, 0.29) is 30.8 Å². The second-order valence-electron chi connectivity index (χ2n) is 18.0. The van der Waals surface area contributed by atoms with E-state index in [1.807, 2.05) is 6.92 Å². The van der Waals surface area contributed by atoms with Crippen LogP contribution in [0, 0.1) is 56.7 Å². The Balaban J connectivity index is 1.42. The molecule has 6 N–H and O–H groups in total. The molecule has 0 aromatic carbocycles. The highest BCUT2D eigenvalue weighted by atomic mass is 16.7. The number of rotatable bonds is 7. The van der Waals surface area contributed by atoms with Crippen LogP contribution < -0.4 is 0 Å². The second kappa shape index (κ2) is 12.7. The van der Waals surface area contributed by atoms with Crippen LogP contribution in [-0.4, -0.2) is 105 Å². The Morgan fingerprint density at radius 1 is 0.980 bits per heavy atom. The molecule has 6 aliphatic rings. The van der Waals surface area contributed by atoms with Gasteiger partial charge in [-0.2, -0.15) is 0 Å². The van der Waals surface area contributed by atoms with Crippen molar-refractivity contribution < 1.29 is 59.2 Å². The first-order valence-electron chi connectivity index (χ1n) is 18.6. The molecule has 50 heavy (non-hydrogen) atoms. The summed E-state index contributed by atoms with van der Waals surface area (Å²) in [5.74, 6) is -1.61. The van der Waals surface area contributed by atoms with Crippen molar-refractivity contribution in [3.8, 4) is 0 Å². The van der Waals surface area contributed by atoms with E-state index in [9.17, 15) is 40.2 Å². The molecule has 0 amide bonds. The predicted octanol–water partition coefficient (Wildman–Crippen LogP) is 3.01. The molecule has 12 nitrogen and oxygen atoms in total. The number of fused-ring (bicyclic) bond motifs is 3. The number of ether oxygens (including phenoxy) is 4. The topological polar surface area (TPSA) is 192 Å². The van der Waals surface area contributed by atoms with Gasteiger partial charge in [0.1, 0.15) is 36.6 Å². The van der Waals surface area contributed by atoms with Gasteiger partial charge in [-0.1, -0.05) is 60.1 Å². The van der Waals surface area contributed by atoms with Crippen LogP contribution in [0.15, 0.2) is 11.6 Å². The molecule has 3 unspecified atom stereocenters. The second-order valence-corrected chi connectivity index (χ2v) is 18.0. The average molecular weight is 709 g/mol. The van der Waals surface area contributed by atoms with Crippen molar-refractivity contribution >= 4 is 11.9 Å². The van der Waals surface area contributed by atoms with Gasteiger partial charge in [0.2, 0.25) is 0 Å². The van der Waals surface area contributed by atoms with Crippen molar-refractivity contribution in [3.63, 3.8) is 0 Å². The fourth-order valence-corrected chi connectivity index (χ4v) is 12.5. The number of esters is 1. The van der Waals surface area contributed by atoms with Crippen molar-refractivity contribution in [2.24, 2.45) is 56.7 Å². The summed E-state index contributed by atoms with van der Waals surface area (Å²) in [6.45, 7) is 15.8. The summed E-state index contributed by atoms with van der Waals surface area (Å²) in [4.78, 5) is 26.1. The highest BCUT2D eigenvalue weighted by molar-refractivity contribution is 5.73. The van der Waals surface area contributed by atoms with E-state index < -0.39 is 101 Å². The Morgan fingerprint density at radius 2 is 1.66 bits per heavy atom. The van der Waals surface area contributed by atoms with E-state index in [1.54, 1.807) is 0 Å². The van der Waals surface area contributed by atoms with E-state index >= 15 is 0 Å². The molecular weight excluding hydrogens is 648 g/mol. The van der Waals surface area contributed by atoms with Crippen molar-refractivity contribution in [1.82, 2.24) is 0 Å². The van der Waals surface area contributed by atoms with Gasteiger partial charge in [-0.25, -0.2) is 0 Å². The zero-order valence-electron chi connectivity index (χ0n) is 30.9. The summed E-state index contributed by atoms with van der Waals surface area (Å²) >= 11 is 0. The lowest BCUT2D eigenvalue weighted by Gasteiger charge is -2.71. The van der Waals surface area contributed by atoms with E-state index in [0.717, 1.165) is 24.8 Å². The lowest BCUT2D eigenvalue weighted by atomic mass is 9.34. The quantitative estimate of drug-likeness (QED) is 0.129. The van der Waals surface area contributed by atoms with Gasteiger partial charge in [0.25, 0.3) is 0 Å². The van der Waals surface area contributed by atoms with E-state index in [1.165, 1.54) is 6.92 Å². The minimum absolute atomic E-state index is 0.0419. The van der Waals surface area contributed by atoms with Crippen molar-refractivity contribution in [1.29, 1.82) is 0 Å². The minimum Gasteiger partial charge on any atom is -0.481 e. The van der Waals surface area contributed by atoms with Crippen molar-refractivity contribution in [2.75, 3.05) is 13.2 Å². The first-order valence-corrected chi connectivity index (χ1v) is 18.6. The summed E-state index contributed by atoms with van der Waals surface area (Å²) in [5, 5.41) is 64.6. The average Bonchev–Trinajstić information content (AvgIpc) is 3.04. The van der Waals surface area contributed by atoms with Gasteiger partial charge >= 0.3 is 11.9 Å². The summed E-state index contributed by atoms with van der Waals surface area (Å²) in [7, 11) is 0. The smallest absolute Gasteiger partial charge is 0.307 e. The normalized spacial score (nSPS) is 52.2. The predicted molar refractivity (Wildman–Crippen MR) is 179 cm³/mol. The highest BCUT2D eigenvalue weighted by Crippen LogP contribution is 2.75. The SMILES string of the molecule is CC(=O)O[C@@H]1C[C@]23C4=CC[C@@]5(C)[C@H](C(=O)O)[C@@](C)([C@H](C)C(C)C)CC[C@]5(C)[C@H]4CC[C@H]2[C@@](C)(COC3O)[C@H]1O[C@@H]1OC(CO)[C@H](O)[C@H](O)C1O. The van der Waals surface area contributed by atoms with Crippen LogP contribution in [0.1, 0.15) is 93.9 Å². The maximum Gasteiger partial charge on any atom is 0.307 e. The fraction of sp³-hybridized carbons (Fsp3) is 0.895. The van der Waals surface area contributed by atoms with Crippen LogP contribution in [0.5, 0.6) is 0 Å². The van der Waals surface area contributed by atoms with Crippen molar-refractivity contribution in [3.05, 3.63) is 11.6 Å². The van der Waals surface area contributed by atoms with Gasteiger partial charge in [-0.05, 0) is 72.0 Å².